The molecule has 0 N–H and O–H groups in total. The van der Waals surface area contributed by atoms with E-state index >= 15 is 0 Å². The van der Waals surface area contributed by atoms with Crippen LogP contribution >= 0.6 is 31.9 Å². The van der Waals surface area contributed by atoms with Gasteiger partial charge in [-0.1, -0.05) is 173 Å². The smallest absolute Gasteiger partial charge is 0.00491 e. The molecule has 30 heavy (non-hydrogen) atoms. The molecule has 0 radical (unpaired) electrons. The average molecular weight is 549 g/mol. The topological polar surface area (TPSA) is 0 Å². The zero-order chi connectivity index (χ0) is 22.1. The third kappa shape index (κ3) is 24.7. The summed E-state index contributed by atoms with van der Waals surface area (Å²) in [5.41, 5.74) is 0. The fraction of sp³-hybridized carbons (Fsp3) is 0.857. The second-order valence-electron chi connectivity index (χ2n) is 9.09. The highest BCUT2D eigenvalue weighted by molar-refractivity contribution is 9.12. The van der Waals surface area contributed by atoms with Gasteiger partial charge in [0.15, 0.2) is 0 Å². The summed E-state index contributed by atoms with van der Waals surface area (Å²) in [6.45, 7) is 4.58. The number of hydrogen-bond donors (Lipinski definition) is 0. The molecule has 0 aliphatic heterocycles. The Morgan fingerprint density at radius 2 is 0.633 bits per heavy atom. The number of halogens is 2. The van der Waals surface area contributed by atoms with Gasteiger partial charge in [0.2, 0.25) is 0 Å². The van der Waals surface area contributed by atoms with Crippen LogP contribution < -0.4 is 0 Å². The molecule has 0 saturated heterocycles. The molecule has 0 nitrogen and oxygen atoms in total. The minimum atomic E-state index is 1.19. The van der Waals surface area contributed by atoms with Crippen molar-refractivity contribution >= 4 is 31.9 Å². The molecule has 0 unspecified atom stereocenters. The molecule has 0 aliphatic carbocycles. The Kier molecular flexibility index (Phi) is 26.1. The predicted molar refractivity (Wildman–Crippen MR) is 147 cm³/mol. The molecule has 0 aromatic heterocycles. The maximum Gasteiger partial charge on any atom is -0.00491 e. The van der Waals surface area contributed by atoms with Crippen LogP contribution in [0.2, 0.25) is 0 Å². The van der Waals surface area contributed by atoms with Crippen LogP contribution in [0, 0.1) is 0 Å². The molecule has 2 heteroatoms. The minimum Gasteiger partial charge on any atom is -0.0654 e. The van der Waals surface area contributed by atoms with E-state index in [1.54, 1.807) is 0 Å². The number of hydrogen-bond acceptors (Lipinski definition) is 0. The molecule has 0 bridgehead atoms. The summed E-state index contributed by atoms with van der Waals surface area (Å²) in [5, 5.41) is 0. The summed E-state index contributed by atoms with van der Waals surface area (Å²) in [6.07, 6.45) is 35.0. The van der Waals surface area contributed by atoms with Gasteiger partial charge in [0.25, 0.3) is 0 Å². The molecule has 0 amide bonds. The quantitative estimate of drug-likeness (QED) is 0.0880. The molecule has 0 fully saturated rings. The number of unbranched alkanes of at least 4 members (excludes halogenated alkanes) is 18. The first-order valence-corrected chi connectivity index (χ1v) is 15.0. The van der Waals surface area contributed by atoms with E-state index in [0.717, 1.165) is 0 Å². The molecule has 178 valence electrons. The third-order valence-corrected chi connectivity index (χ3v) is 7.31. The lowest BCUT2D eigenvalue weighted by molar-refractivity contribution is 0.557. The van der Waals surface area contributed by atoms with Gasteiger partial charge >= 0.3 is 0 Å². The van der Waals surface area contributed by atoms with E-state index in [4.69, 9.17) is 0 Å². The second kappa shape index (κ2) is 25.7. The Balaban J connectivity index is 3.50. The van der Waals surface area contributed by atoms with E-state index in [-0.39, 0.29) is 0 Å². The highest BCUT2D eigenvalue weighted by Gasteiger charge is 1.97. The molecule has 0 atom stereocenters. The van der Waals surface area contributed by atoms with Crippen LogP contribution in [0.5, 0.6) is 0 Å². The molecule has 0 heterocycles. The van der Waals surface area contributed by atoms with Crippen molar-refractivity contribution in [2.45, 2.75) is 155 Å². The average Bonchev–Trinajstić information content (AvgIpc) is 2.75. The van der Waals surface area contributed by atoms with Crippen molar-refractivity contribution in [3.63, 3.8) is 0 Å². The van der Waals surface area contributed by atoms with Crippen LogP contribution in [-0.4, -0.2) is 0 Å². The van der Waals surface area contributed by atoms with Crippen molar-refractivity contribution < 1.29 is 0 Å². The van der Waals surface area contributed by atoms with Crippen LogP contribution in [0.15, 0.2) is 21.1 Å². The molecular formula is C28H52Br2. The second-order valence-corrected chi connectivity index (χ2v) is 11.1. The summed E-state index contributed by atoms with van der Waals surface area (Å²) in [7, 11) is 0. The zero-order valence-corrected chi connectivity index (χ0v) is 23.6. The van der Waals surface area contributed by atoms with Gasteiger partial charge in [-0.15, -0.1) is 0 Å². The van der Waals surface area contributed by atoms with Crippen LogP contribution in [0.4, 0.5) is 0 Å². The Morgan fingerprint density at radius 3 is 0.900 bits per heavy atom. The summed E-state index contributed by atoms with van der Waals surface area (Å²) >= 11 is 7.51. The maximum atomic E-state index is 3.75. The van der Waals surface area contributed by atoms with Gasteiger partial charge in [0.05, 0.1) is 0 Å². The Bertz CT molecular complexity index is 359. The van der Waals surface area contributed by atoms with Gasteiger partial charge < -0.3 is 0 Å². The number of allylic oxidation sites excluding steroid dienone is 4. The Labute approximate surface area is 207 Å². The van der Waals surface area contributed by atoms with Crippen LogP contribution in [0.25, 0.3) is 0 Å². The highest BCUT2D eigenvalue weighted by Crippen LogP contribution is 2.21. The van der Waals surface area contributed by atoms with E-state index in [1.165, 1.54) is 150 Å². The molecule has 0 rings (SSSR count). The van der Waals surface area contributed by atoms with Crippen LogP contribution in [-0.2, 0) is 0 Å². The molecule has 0 saturated carbocycles. The Hall–Kier alpha value is 0.440. The van der Waals surface area contributed by atoms with Crippen molar-refractivity contribution in [2.24, 2.45) is 0 Å². The van der Waals surface area contributed by atoms with E-state index in [2.05, 4.69) is 57.9 Å². The van der Waals surface area contributed by atoms with Gasteiger partial charge in [-0.3, -0.25) is 0 Å². The van der Waals surface area contributed by atoms with Gasteiger partial charge in [-0.05, 0) is 34.6 Å². The van der Waals surface area contributed by atoms with Crippen LogP contribution in [0.1, 0.15) is 155 Å². The summed E-state index contributed by atoms with van der Waals surface area (Å²) in [5.74, 6) is 0. The SMILES string of the molecule is CCCCCCCCCCCC/C(Br)=C\C=C(\Br)CCCCCCCCCCCC. The lowest BCUT2D eigenvalue weighted by Crippen LogP contribution is -1.83. The first-order chi connectivity index (χ1) is 14.7. The maximum absolute atomic E-state index is 3.75. The van der Waals surface area contributed by atoms with Crippen LogP contribution in [0.3, 0.4) is 0 Å². The fourth-order valence-electron chi connectivity index (χ4n) is 3.91. The van der Waals surface area contributed by atoms with Crippen molar-refractivity contribution in [1.29, 1.82) is 0 Å². The fourth-order valence-corrected chi connectivity index (χ4v) is 4.74. The van der Waals surface area contributed by atoms with E-state index in [9.17, 15) is 0 Å². The van der Waals surface area contributed by atoms with Gasteiger partial charge in [0, 0.05) is 0 Å². The summed E-state index contributed by atoms with van der Waals surface area (Å²) < 4.78 is 2.70. The molecule has 0 spiro atoms. The van der Waals surface area contributed by atoms with E-state index in [1.807, 2.05) is 0 Å². The highest BCUT2D eigenvalue weighted by atomic mass is 79.9. The predicted octanol–water partition coefficient (Wildman–Crippen LogP) is 12.2. The van der Waals surface area contributed by atoms with Gasteiger partial charge in [-0.25, -0.2) is 0 Å². The normalized spacial score (nSPS) is 12.7. The first kappa shape index (κ1) is 30.4. The standard InChI is InChI=1S/C28H52Br2/c1-3-5-7-9-11-13-15-17-19-21-23-27(29)25-26-28(30)24-22-20-18-16-14-12-10-8-6-4-2/h25-26H,3-24H2,1-2H3/b27-25+,28-26+. The lowest BCUT2D eigenvalue weighted by atomic mass is 10.1. The van der Waals surface area contributed by atoms with Crippen molar-refractivity contribution in [3.8, 4) is 0 Å². The van der Waals surface area contributed by atoms with E-state index < -0.39 is 0 Å². The monoisotopic (exact) mass is 546 g/mol. The van der Waals surface area contributed by atoms with Gasteiger partial charge in [0.1, 0.15) is 0 Å². The number of rotatable bonds is 23. The largest absolute Gasteiger partial charge is 0.0654 e. The zero-order valence-electron chi connectivity index (χ0n) is 20.5. The molecule has 0 aromatic rings. The van der Waals surface area contributed by atoms with E-state index in [0.29, 0.717) is 0 Å². The Morgan fingerprint density at radius 1 is 0.400 bits per heavy atom. The van der Waals surface area contributed by atoms with Gasteiger partial charge in [-0.2, -0.15) is 0 Å². The lowest BCUT2D eigenvalue weighted by Gasteiger charge is -2.03. The third-order valence-electron chi connectivity index (χ3n) is 5.98. The molecular weight excluding hydrogens is 496 g/mol. The molecule has 0 aliphatic rings. The minimum absolute atomic E-state index is 1.19. The first-order valence-electron chi connectivity index (χ1n) is 13.4. The molecule has 0 aromatic carbocycles. The summed E-state index contributed by atoms with van der Waals surface area (Å²) in [4.78, 5) is 0. The van der Waals surface area contributed by atoms with Crippen molar-refractivity contribution in [1.82, 2.24) is 0 Å². The summed E-state index contributed by atoms with van der Waals surface area (Å²) in [6, 6.07) is 0. The van der Waals surface area contributed by atoms with Crippen molar-refractivity contribution in [3.05, 3.63) is 21.1 Å². The van der Waals surface area contributed by atoms with Crippen molar-refractivity contribution in [2.75, 3.05) is 0 Å².